The van der Waals surface area contributed by atoms with Gasteiger partial charge in [-0.3, -0.25) is 0 Å². The fourth-order valence-corrected chi connectivity index (χ4v) is 2.58. The molecule has 0 amide bonds. The zero-order valence-corrected chi connectivity index (χ0v) is 13.7. The van der Waals surface area contributed by atoms with E-state index in [4.69, 9.17) is 10.2 Å². The van der Waals surface area contributed by atoms with Crippen molar-refractivity contribution in [3.05, 3.63) is 24.4 Å². The first-order chi connectivity index (χ1) is 8.85. The standard InChI is InChI=1S/C6H7NS.C4H10O2S2.C2H6.5CH4/c1-8-6-4-2-3-5-7-6;5-1-3-7-8-4-2-6;1-2;;;;;/h2-5H,1H3;5-6H,1-4H2;1-2H3;5*1H4. The molecular formula is C17H43NO2S3. The van der Waals surface area contributed by atoms with E-state index < -0.39 is 0 Å². The van der Waals surface area contributed by atoms with Crippen LogP contribution in [0.25, 0.3) is 0 Å². The number of rotatable bonds is 6. The number of hydrogen-bond acceptors (Lipinski definition) is 6. The lowest BCUT2D eigenvalue weighted by Gasteiger charge is -1.93. The summed E-state index contributed by atoms with van der Waals surface area (Å²) in [5, 5.41) is 17.6. The van der Waals surface area contributed by atoms with Crippen molar-refractivity contribution >= 4 is 33.3 Å². The fourth-order valence-electron chi connectivity index (χ4n) is 0.660. The molecule has 3 nitrogen and oxygen atoms in total. The van der Waals surface area contributed by atoms with Crippen LogP contribution in [0.1, 0.15) is 51.0 Å². The van der Waals surface area contributed by atoms with Gasteiger partial charge in [0.15, 0.2) is 0 Å². The van der Waals surface area contributed by atoms with Crippen LogP contribution in [0.2, 0.25) is 0 Å². The number of aromatic nitrogens is 1. The van der Waals surface area contributed by atoms with Crippen LogP contribution >= 0.6 is 33.3 Å². The fraction of sp³-hybridized carbons (Fsp3) is 0.706. The Morgan fingerprint density at radius 3 is 1.52 bits per heavy atom. The van der Waals surface area contributed by atoms with E-state index in [1.54, 1.807) is 39.5 Å². The van der Waals surface area contributed by atoms with Gasteiger partial charge in [0.25, 0.3) is 0 Å². The van der Waals surface area contributed by atoms with Crippen molar-refractivity contribution in [3.63, 3.8) is 0 Å². The van der Waals surface area contributed by atoms with Gasteiger partial charge < -0.3 is 10.2 Å². The first-order valence-electron chi connectivity index (χ1n) is 5.76. The minimum atomic E-state index is 0. The van der Waals surface area contributed by atoms with Crippen molar-refractivity contribution in [1.82, 2.24) is 4.98 Å². The molecule has 0 fully saturated rings. The van der Waals surface area contributed by atoms with Gasteiger partial charge in [0, 0.05) is 17.7 Å². The highest BCUT2D eigenvalue weighted by Crippen LogP contribution is 2.18. The van der Waals surface area contributed by atoms with Gasteiger partial charge in [-0.25, -0.2) is 4.98 Å². The van der Waals surface area contributed by atoms with Crippen molar-refractivity contribution in [3.8, 4) is 0 Å². The van der Waals surface area contributed by atoms with Crippen LogP contribution < -0.4 is 0 Å². The molecule has 0 spiro atoms. The Bertz CT molecular complexity index is 235. The molecule has 0 bridgehead atoms. The molecule has 1 rings (SSSR count). The molecular weight excluding hydrogens is 346 g/mol. The third-order valence-electron chi connectivity index (χ3n) is 1.28. The number of hydrogen-bond donors (Lipinski definition) is 2. The molecule has 0 aromatic carbocycles. The van der Waals surface area contributed by atoms with E-state index in [1.807, 2.05) is 38.3 Å². The third kappa shape index (κ3) is 39.2. The maximum atomic E-state index is 8.27. The Kier molecular flexibility index (Phi) is 81.7. The highest BCUT2D eigenvalue weighted by atomic mass is 33.1. The summed E-state index contributed by atoms with van der Waals surface area (Å²) in [6.07, 6.45) is 3.81. The molecule has 1 aromatic heterocycles. The largest absolute Gasteiger partial charge is 0.395 e. The lowest BCUT2D eigenvalue weighted by molar-refractivity contribution is 0.322. The summed E-state index contributed by atoms with van der Waals surface area (Å²) in [5.41, 5.74) is 0. The molecule has 6 heteroatoms. The minimum absolute atomic E-state index is 0. The SMILES string of the molecule is C.C.C.C.C.CC.CSc1ccccn1.OCCSSCCO. The molecule has 0 atom stereocenters. The van der Waals surface area contributed by atoms with Gasteiger partial charge in [0.1, 0.15) is 0 Å². The molecule has 0 aliphatic rings. The van der Waals surface area contributed by atoms with Crippen LogP contribution in [0.4, 0.5) is 0 Å². The Hall–Kier alpha value is 0.120. The Morgan fingerprint density at radius 2 is 1.30 bits per heavy atom. The predicted molar refractivity (Wildman–Crippen MR) is 120 cm³/mol. The molecule has 0 aliphatic heterocycles. The van der Waals surface area contributed by atoms with E-state index in [9.17, 15) is 0 Å². The molecule has 1 aromatic rings. The summed E-state index contributed by atoms with van der Waals surface area (Å²) in [5.74, 6) is 1.51. The predicted octanol–water partition coefficient (Wildman–Crippen LogP) is 6.36. The quantitative estimate of drug-likeness (QED) is 0.335. The second kappa shape index (κ2) is 43.2. The van der Waals surface area contributed by atoms with Gasteiger partial charge in [0.05, 0.1) is 18.2 Å². The molecule has 1 heterocycles. The van der Waals surface area contributed by atoms with Gasteiger partial charge in [-0.1, -0.05) is 78.6 Å². The minimum Gasteiger partial charge on any atom is -0.395 e. The first-order valence-corrected chi connectivity index (χ1v) is 9.47. The van der Waals surface area contributed by atoms with Crippen LogP contribution in [0, 0.1) is 0 Å². The molecule has 146 valence electrons. The molecule has 0 unspecified atom stereocenters. The molecule has 0 saturated heterocycles. The first kappa shape index (κ1) is 43.5. The summed E-state index contributed by atoms with van der Waals surface area (Å²) >= 11 is 1.66. The number of nitrogens with zero attached hydrogens (tertiary/aromatic N) is 1. The second-order valence-corrected chi connectivity index (χ2v) is 5.99. The number of aliphatic hydroxyl groups is 2. The van der Waals surface area contributed by atoms with Gasteiger partial charge in [0.2, 0.25) is 0 Å². The lowest BCUT2D eigenvalue weighted by Crippen LogP contribution is -1.85. The highest BCUT2D eigenvalue weighted by molar-refractivity contribution is 8.76. The Balaban J connectivity index is -0.0000000335. The topological polar surface area (TPSA) is 53.4 Å². The van der Waals surface area contributed by atoms with Crippen LogP contribution in [-0.4, -0.2) is 46.2 Å². The van der Waals surface area contributed by atoms with Crippen molar-refractivity contribution < 1.29 is 10.2 Å². The lowest BCUT2D eigenvalue weighted by atomic mass is 10.5. The molecule has 2 N–H and O–H groups in total. The number of pyridine rings is 1. The smallest absolute Gasteiger partial charge is 0.0957 e. The summed E-state index contributed by atoms with van der Waals surface area (Å²) < 4.78 is 0. The normalized spacial score (nSPS) is 6.83. The van der Waals surface area contributed by atoms with E-state index >= 15 is 0 Å². The summed E-state index contributed by atoms with van der Waals surface area (Å²) in [6.45, 7) is 4.45. The van der Waals surface area contributed by atoms with Crippen molar-refractivity contribution in [2.45, 2.75) is 56.0 Å². The third-order valence-corrected chi connectivity index (χ3v) is 4.30. The van der Waals surface area contributed by atoms with Crippen LogP contribution in [0.5, 0.6) is 0 Å². The number of aliphatic hydroxyl groups excluding tert-OH is 2. The second-order valence-electron chi connectivity index (χ2n) is 2.46. The van der Waals surface area contributed by atoms with Crippen molar-refractivity contribution in [2.24, 2.45) is 0 Å². The molecule has 0 saturated carbocycles. The zero-order chi connectivity index (χ0) is 14.1. The van der Waals surface area contributed by atoms with Gasteiger partial charge >= 0.3 is 0 Å². The van der Waals surface area contributed by atoms with E-state index in [1.165, 1.54) is 0 Å². The summed E-state index contributed by atoms with van der Waals surface area (Å²) in [6, 6.07) is 5.89. The average molecular weight is 390 g/mol. The van der Waals surface area contributed by atoms with Gasteiger partial charge in [-0.15, -0.1) is 11.8 Å². The molecule has 0 aliphatic carbocycles. The van der Waals surface area contributed by atoms with Crippen molar-refractivity contribution in [1.29, 1.82) is 0 Å². The van der Waals surface area contributed by atoms with E-state index in [-0.39, 0.29) is 50.3 Å². The van der Waals surface area contributed by atoms with E-state index in [2.05, 4.69) is 4.98 Å². The summed E-state index contributed by atoms with van der Waals surface area (Å²) in [7, 11) is 3.17. The van der Waals surface area contributed by atoms with Crippen LogP contribution in [0.3, 0.4) is 0 Å². The van der Waals surface area contributed by atoms with Gasteiger partial charge in [-0.2, -0.15) is 0 Å². The number of thioether (sulfide) groups is 1. The average Bonchev–Trinajstić information content (AvgIpc) is 2.47. The molecule has 23 heavy (non-hydrogen) atoms. The van der Waals surface area contributed by atoms with Crippen LogP contribution in [0.15, 0.2) is 29.4 Å². The zero-order valence-electron chi connectivity index (χ0n) is 11.2. The molecule has 0 radical (unpaired) electrons. The van der Waals surface area contributed by atoms with E-state index in [0.717, 1.165) is 16.5 Å². The summed E-state index contributed by atoms with van der Waals surface area (Å²) in [4.78, 5) is 4.06. The van der Waals surface area contributed by atoms with Gasteiger partial charge in [-0.05, 0) is 18.4 Å². The Labute approximate surface area is 159 Å². The highest BCUT2D eigenvalue weighted by Gasteiger charge is 1.85. The maximum Gasteiger partial charge on any atom is 0.0957 e. The van der Waals surface area contributed by atoms with Crippen LogP contribution in [-0.2, 0) is 0 Å². The maximum absolute atomic E-state index is 8.27. The monoisotopic (exact) mass is 389 g/mol. The van der Waals surface area contributed by atoms with Crippen molar-refractivity contribution in [2.75, 3.05) is 31.0 Å². The van der Waals surface area contributed by atoms with E-state index in [0.29, 0.717) is 0 Å². The Morgan fingerprint density at radius 1 is 0.870 bits per heavy atom.